The van der Waals surface area contributed by atoms with Crippen LogP contribution in [0.15, 0.2) is 48.8 Å². The molecular formula is C26H29ClFN5O3. The topological polar surface area (TPSA) is 90.8 Å². The highest BCUT2D eigenvalue weighted by Crippen LogP contribution is 2.39. The summed E-state index contributed by atoms with van der Waals surface area (Å²) >= 11 is 6.08. The number of fused-ring (bicyclic) bond motifs is 1. The van der Waals surface area contributed by atoms with Gasteiger partial charge in [0.2, 0.25) is 5.91 Å². The Morgan fingerprint density at radius 3 is 2.89 bits per heavy atom. The average molecular weight is 514 g/mol. The Bertz CT molecular complexity index is 1210. The molecule has 2 aromatic heterocycles. The summed E-state index contributed by atoms with van der Waals surface area (Å²) in [6.45, 7) is 5.06. The van der Waals surface area contributed by atoms with E-state index in [1.807, 2.05) is 11.0 Å². The quantitative estimate of drug-likeness (QED) is 0.412. The molecule has 190 valence electrons. The van der Waals surface area contributed by atoms with Gasteiger partial charge in [-0.2, -0.15) is 0 Å². The average Bonchev–Trinajstić information content (AvgIpc) is 2.88. The number of ether oxygens (including phenoxy) is 1. The molecule has 1 aliphatic heterocycles. The van der Waals surface area contributed by atoms with Crippen LogP contribution in [0.4, 0.5) is 21.6 Å². The van der Waals surface area contributed by atoms with Crippen LogP contribution < -0.4 is 15.0 Å². The number of aliphatic hydroxyl groups is 1. The van der Waals surface area contributed by atoms with Crippen molar-refractivity contribution in [2.75, 3.05) is 49.6 Å². The van der Waals surface area contributed by atoms with Gasteiger partial charge in [0.05, 0.1) is 30.7 Å². The SMILES string of the molecule is CCCN(CCO)CCC(=O)Nc1cc(N2CCOc3cnc(-c4cc(Cl)ccc4F)cc32)ccn1. The second kappa shape index (κ2) is 12.1. The molecule has 0 radical (unpaired) electrons. The van der Waals surface area contributed by atoms with Crippen molar-refractivity contribution in [3.8, 4) is 17.0 Å². The number of anilines is 3. The van der Waals surface area contributed by atoms with Crippen LogP contribution in [0, 0.1) is 5.82 Å². The fraction of sp³-hybridized carbons (Fsp3) is 0.346. The third-order valence-electron chi connectivity index (χ3n) is 5.85. The number of carbonyl (C=O) groups excluding carboxylic acids is 1. The molecule has 1 aliphatic rings. The minimum atomic E-state index is -0.416. The third kappa shape index (κ3) is 6.29. The van der Waals surface area contributed by atoms with Gasteiger partial charge in [-0.25, -0.2) is 9.37 Å². The number of aromatic nitrogens is 2. The largest absolute Gasteiger partial charge is 0.488 e. The summed E-state index contributed by atoms with van der Waals surface area (Å²) in [5.41, 5.74) is 2.28. The normalized spacial score (nSPS) is 12.9. The fourth-order valence-electron chi connectivity index (χ4n) is 4.14. The number of carbonyl (C=O) groups is 1. The molecular weight excluding hydrogens is 485 g/mol. The minimum Gasteiger partial charge on any atom is -0.488 e. The molecule has 0 unspecified atom stereocenters. The molecule has 0 atom stereocenters. The van der Waals surface area contributed by atoms with Crippen LogP contribution in [-0.4, -0.2) is 65.3 Å². The van der Waals surface area contributed by atoms with Crippen molar-refractivity contribution in [3.05, 3.63) is 59.6 Å². The third-order valence-corrected chi connectivity index (χ3v) is 6.08. The van der Waals surface area contributed by atoms with E-state index in [-0.39, 0.29) is 12.5 Å². The van der Waals surface area contributed by atoms with Crippen LogP contribution in [0.1, 0.15) is 19.8 Å². The van der Waals surface area contributed by atoms with Gasteiger partial charge in [0, 0.05) is 48.0 Å². The summed E-state index contributed by atoms with van der Waals surface area (Å²) < 4.78 is 20.3. The summed E-state index contributed by atoms with van der Waals surface area (Å²) in [6.07, 6.45) is 4.46. The van der Waals surface area contributed by atoms with E-state index in [1.165, 1.54) is 12.1 Å². The Hall–Kier alpha value is -3.27. The lowest BCUT2D eigenvalue weighted by atomic mass is 10.1. The lowest BCUT2D eigenvalue weighted by Crippen LogP contribution is -2.31. The highest BCUT2D eigenvalue weighted by molar-refractivity contribution is 6.30. The van der Waals surface area contributed by atoms with Gasteiger partial charge in [0.15, 0.2) is 5.75 Å². The van der Waals surface area contributed by atoms with Crippen molar-refractivity contribution in [2.45, 2.75) is 19.8 Å². The zero-order chi connectivity index (χ0) is 25.5. The van der Waals surface area contributed by atoms with Gasteiger partial charge in [-0.3, -0.25) is 9.78 Å². The van der Waals surface area contributed by atoms with Crippen LogP contribution >= 0.6 is 11.6 Å². The number of nitrogens with zero attached hydrogens (tertiary/aromatic N) is 4. The van der Waals surface area contributed by atoms with Crippen molar-refractivity contribution in [1.82, 2.24) is 14.9 Å². The zero-order valence-electron chi connectivity index (χ0n) is 20.1. The molecule has 3 heterocycles. The Kier molecular flexibility index (Phi) is 8.69. The predicted molar refractivity (Wildman–Crippen MR) is 138 cm³/mol. The van der Waals surface area contributed by atoms with Gasteiger partial charge in [-0.1, -0.05) is 18.5 Å². The van der Waals surface area contributed by atoms with E-state index in [0.717, 1.165) is 24.3 Å². The van der Waals surface area contributed by atoms with E-state index >= 15 is 0 Å². The second-order valence-electron chi connectivity index (χ2n) is 8.42. The zero-order valence-corrected chi connectivity index (χ0v) is 20.8. The highest BCUT2D eigenvalue weighted by atomic mass is 35.5. The molecule has 0 saturated heterocycles. The molecule has 2 N–H and O–H groups in total. The molecule has 3 aromatic rings. The summed E-state index contributed by atoms with van der Waals surface area (Å²) in [6, 6.07) is 9.76. The molecule has 4 rings (SSSR count). The van der Waals surface area contributed by atoms with E-state index in [2.05, 4.69) is 27.1 Å². The van der Waals surface area contributed by atoms with Crippen molar-refractivity contribution >= 4 is 34.7 Å². The smallest absolute Gasteiger partial charge is 0.226 e. The van der Waals surface area contributed by atoms with Gasteiger partial charge in [-0.05, 0) is 43.3 Å². The number of amides is 1. The Balaban J connectivity index is 1.52. The van der Waals surface area contributed by atoms with Gasteiger partial charge in [0.1, 0.15) is 18.2 Å². The van der Waals surface area contributed by atoms with Crippen molar-refractivity contribution in [1.29, 1.82) is 0 Å². The molecule has 0 fully saturated rings. The molecule has 1 aromatic carbocycles. The number of rotatable bonds is 10. The molecule has 36 heavy (non-hydrogen) atoms. The summed E-state index contributed by atoms with van der Waals surface area (Å²) in [4.78, 5) is 25.3. The Morgan fingerprint density at radius 2 is 2.08 bits per heavy atom. The van der Waals surface area contributed by atoms with Gasteiger partial charge < -0.3 is 25.0 Å². The van der Waals surface area contributed by atoms with Gasteiger partial charge in [0.25, 0.3) is 0 Å². The lowest BCUT2D eigenvalue weighted by Gasteiger charge is -2.31. The maximum atomic E-state index is 14.5. The van der Waals surface area contributed by atoms with Gasteiger partial charge >= 0.3 is 0 Å². The first-order valence-electron chi connectivity index (χ1n) is 11.9. The van der Waals surface area contributed by atoms with E-state index in [0.29, 0.717) is 60.5 Å². The van der Waals surface area contributed by atoms with E-state index in [1.54, 1.807) is 30.6 Å². The first-order chi connectivity index (χ1) is 17.5. The Morgan fingerprint density at radius 1 is 1.22 bits per heavy atom. The van der Waals surface area contributed by atoms with Crippen molar-refractivity contribution in [2.24, 2.45) is 0 Å². The fourth-order valence-corrected chi connectivity index (χ4v) is 4.32. The standard InChI is InChI=1S/C26H29ClFN5O3/c1-2-8-32(10-12-34)9-6-26(35)31-25-15-19(5-7-29-25)33-11-13-36-24-17-30-22(16-23(24)33)20-14-18(27)3-4-21(20)28/h3-5,7,14-17,34H,2,6,8-13H2,1H3,(H,29,31,35). The molecule has 0 saturated carbocycles. The number of halogens is 2. The summed E-state index contributed by atoms with van der Waals surface area (Å²) in [5, 5.41) is 12.5. The van der Waals surface area contributed by atoms with Crippen LogP contribution in [-0.2, 0) is 4.79 Å². The summed E-state index contributed by atoms with van der Waals surface area (Å²) in [7, 11) is 0. The number of benzene rings is 1. The summed E-state index contributed by atoms with van der Waals surface area (Å²) in [5.74, 6) is 0.448. The maximum Gasteiger partial charge on any atom is 0.226 e. The van der Waals surface area contributed by atoms with Crippen LogP contribution in [0.3, 0.4) is 0 Å². The predicted octanol–water partition coefficient (Wildman–Crippen LogP) is 4.50. The number of pyridine rings is 2. The molecule has 1 amide bonds. The van der Waals surface area contributed by atoms with Crippen LogP contribution in [0.5, 0.6) is 5.75 Å². The molecule has 10 heteroatoms. The van der Waals surface area contributed by atoms with Crippen LogP contribution in [0.25, 0.3) is 11.3 Å². The molecule has 0 spiro atoms. The number of hydrogen-bond donors (Lipinski definition) is 2. The first-order valence-corrected chi connectivity index (χ1v) is 12.3. The van der Waals surface area contributed by atoms with Crippen molar-refractivity contribution < 1.29 is 19.0 Å². The molecule has 0 bridgehead atoms. The number of hydrogen-bond acceptors (Lipinski definition) is 7. The van der Waals surface area contributed by atoms with Crippen LogP contribution in [0.2, 0.25) is 5.02 Å². The monoisotopic (exact) mass is 513 g/mol. The van der Waals surface area contributed by atoms with E-state index in [9.17, 15) is 14.3 Å². The van der Waals surface area contributed by atoms with E-state index < -0.39 is 5.82 Å². The van der Waals surface area contributed by atoms with Gasteiger partial charge in [-0.15, -0.1) is 0 Å². The second-order valence-corrected chi connectivity index (χ2v) is 8.86. The Labute approximate surface area is 214 Å². The van der Waals surface area contributed by atoms with Crippen molar-refractivity contribution in [3.63, 3.8) is 0 Å². The lowest BCUT2D eigenvalue weighted by molar-refractivity contribution is -0.116. The minimum absolute atomic E-state index is 0.0629. The number of aliphatic hydroxyl groups excluding tert-OH is 1. The molecule has 0 aliphatic carbocycles. The molecule has 8 nitrogen and oxygen atoms in total. The first kappa shape index (κ1) is 25.8. The number of nitrogens with one attached hydrogen (secondary N) is 1. The van der Waals surface area contributed by atoms with E-state index in [4.69, 9.17) is 16.3 Å². The highest BCUT2D eigenvalue weighted by Gasteiger charge is 2.22. The maximum absolute atomic E-state index is 14.5.